The average Bonchev–Trinajstić information content (AvgIpc) is 3.03. The Hall–Kier alpha value is -2.35. The second-order valence-corrected chi connectivity index (χ2v) is 5.69. The molecule has 0 saturated heterocycles. The minimum Gasteiger partial charge on any atom is -0.396 e. The van der Waals surface area contributed by atoms with Gasteiger partial charge in [0.05, 0.1) is 0 Å². The number of nitrogens with zero attached hydrogens (tertiary/aromatic N) is 3. The number of hydrogen-bond acceptors (Lipinski definition) is 5. The van der Waals surface area contributed by atoms with Crippen LogP contribution in [0.3, 0.4) is 0 Å². The first-order valence-corrected chi connectivity index (χ1v) is 7.29. The van der Waals surface area contributed by atoms with E-state index in [4.69, 9.17) is 5.73 Å². The van der Waals surface area contributed by atoms with Crippen LogP contribution in [0.5, 0.6) is 0 Å². The van der Waals surface area contributed by atoms with Crippen LogP contribution in [0.15, 0.2) is 22.2 Å². The Balaban J connectivity index is 2.26. The molecule has 0 spiro atoms. The van der Waals surface area contributed by atoms with Crippen LogP contribution in [0, 0.1) is 5.92 Å². The number of aliphatic hydroxyl groups is 1. The summed E-state index contributed by atoms with van der Waals surface area (Å²) < 4.78 is 2.90. The highest BCUT2D eigenvalue weighted by atomic mass is 16.3. The number of anilines is 1. The molecule has 8 heteroatoms. The van der Waals surface area contributed by atoms with Crippen molar-refractivity contribution in [2.45, 2.75) is 31.8 Å². The summed E-state index contributed by atoms with van der Waals surface area (Å²) in [5.74, 6) is 0.160. The van der Waals surface area contributed by atoms with Crippen molar-refractivity contribution in [2.75, 3.05) is 12.3 Å². The molecular weight excluding hydrogens is 286 g/mol. The van der Waals surface area contributed by atoms with Crippen molar-refractivity contribution >= 4 is 17.1 Å². The van der Waals surface area contributed by atoms with E-state index >= 15 is 0 Å². The van der Waals surface area contributed by atoms with E-state index in [0.29, 0.717) is 12.1 Å². The fourth-order valence-electron chi connectivity index (χ4n) is 3.28. The molecule has 0 aliphatic heterocycles. The predicted octanol–water partition coefficient (Wildman–Crippen LogP) is -0.0120. The predicted molar refractivity (Wildman–Crippen MR) is 82.7 cm³/mol. The number of allylic oxidation sites excluding steroid dienone is 1. The van der Waals surface area contributed by atoms with E-state index in [2.05, 4.69) is 16.5 Å². The number of aromatic amines is 1. The summed E-state index contributed by atoms with van der Waals surface area (Å²) in [5, 5.41) is 9.29. The number of nitrogens with two attached hydrogens (primary N) is 1. The minimum absolute atomic E-state index is 0.0151. The van der Waals surface area contributed by atoms with Gasteiger partial charge in [0.1, 0.15) is 0 Å². The second kappa shape index (κ2) is 5.45. The van der Waals surface area contributed by atoms with Gasteiger partial charge in [0.2, 0.25) is 5.95 Å². The number of nitrogens with one attached hydrogen (secondary N) is 1. The normalized spacial score (nSPS) is 21.5. The highest BCUT2D eigenvalue weighted by Crippen LogP contribution is 2.34. The molecule has 0 unspecified atom stereocenters. The van der Waals surface area contributed by atoms with Crippen molar-refractivity contribution in [1.29, 1.82) is 0 Å². The molecule has 1 aliphatic carbocycles. The van der Waals surface area contributed by atoms with Crippen LogP contribution in [0.4, 0.5) is 5.95 Å². The number of nitrogen functional groups attached to an aromatic ring is 1. The number of H-pyrrole nitrogens is 1. The largest absolute Gasteiger partial charge is 0.396 e. The summed E-state index contributed by atoms with van der Waals surface area (Å²) in [5.41, 5.74) is 5.42. The van der Waals surface area contributed by atoms with E-state index in [1.807, 2.05) is 0 Å². The molecule has 0 bridgehead atoms. The summed E-state index contributed by atoms with van der Waals surface area (Å²) in [6.07, 6.45) is 3.87. The third-order valence-electron chi connectivity index (χ3n) is 4.28. The fourth-order valence-corrected chi connectivity index (χ4v) is 3.28. The van der Waals surface area contributed by atoms with Crippen LogP contribution in [-0.2, 0) is 6.54 Å². The van der Waals surface area contributed by atoms with Gasteiger partial charge in [0, 0.05) is 19.2 Å². The molecule has 1 fully saturated rings. The van der Waals surface area contributed by atoms with Gasteiger partial charge in [0.15, 0.2) is 11.2 Å². The van der Waals surface area contributed by atoms with Crippen molar-refractivity contribution in [2.24, 2.45) is 5.92 Å². The third kappa shape index (κ3) is 2.16. The van der Waals surface area contributed by atoms with E-state index < -0.39 is 5.56 Å². The Morgan fingerprint density at radius 1 is 1.45 bits per heavy atom. The first-order valence-electron chi connectivity index (χ1n) is 7.29. The molecule has 8 nitrogen and oxygen atoms in total. The van der Waals surface area contributed by atoms with E-state index in [-0.39, 0.29) is 42.3 Å². The van der Waals surface area contributed by atoms with Crippen molar-refractivity contribution in [3.8, 4) is 0 Å². The topological polar surface area (TPSA) is 119 Å². The Morgan fingerprint density at radius 3 is 2.86 bits per heavy atom. The lowest BCUT2D eigenvalue weighted by Gasteiger charge is -2.11. The molecule has 2 atom stereocenters. The summed E-state index contributed by atoms with van der Waals surface area (Å²) in [7, 11) is 0. The maximum Gasteiger partial charge on any atom is 0.331 e. The average molecular weight is 305 g/mol. The van der Waals surface area contributed by atoms with Gasteiger partial charge in [-0.1, -0.05) is 6.08 Å². The molecular formula is C14H19N5O3. The smallest absolute Gasteiger partial charge is 0.331 e. The second-order valence-electron chi connectivity index (χ2n) is 5.69. The van der Waals surface area contributed by atoms with E-state index in [1.165, 1.54) is 4.57 Å². The van der Waals surface area contributed by atoms with Gasteiger partial charge < -0.3 is 10.8 Å². The molecule has 0 amide bonds. The first-order chi connectivity index (χ1) is 10.6. The van der Waals surface area contributed by atoms with Crippen molar-refractivity contribution in [3.63, 3.8) is 0 Å². The number of hydrogen-bond donors (Lipinski definition) is 3. The lowest BCUT2D eigenvalue weighted by atomic mass is 10.1. The number of rotatable bonds is 4. The Morgan fingerprint density at radius 2 is 2.23 bits per heavy atom. The van der Waals surface area contributed by atoms with Crippen molar-refractivity contribution in [3.05, 3.63) is 33.5 Å². The van der Waals surface area contributed by atoms with Crippen LogP contribution in [0.2, 0.25) is 0 Å². The quantitative estimate of drug-likeness (QED) is 0.686. The maximum absolute atomic E-state index is 12.7. The Kier molecular flexibility index (Phi) is 3.61. The highest BCUT2D eigenvalue weighted by Gasteiger charge is 2.30. The molecule has 1 saturated carbocycles. The molecule has 4 N–H and O–H groups in total. The molecule has 1 aliphatic rings. The molecule has 2 aromatic rings. The van der Waals surface area contributed by atoms with Crippen molar-refractivity contribution < 1.29 is 5.11 Å². The van der Waals surface area contributed by atoms with Crippen molar-refractivity contribution in [1.82, 2.24) is 19.1 Å². The molecule has 3 rings (SSSR count). The number of aromatic nitrogens is 4. The Labute approximate surface area is 125 Å². The van der Waals surface area contributed by atoms with Crippen LogP contribution in [-0.4, -0.2) is 30.8 Å². The van der Waals surface area contributed by atoms with E-state index in [0.717, 1.165) is 12.8 Å². The number of fused-ring (bicyclic) bond motifs is 1. The first kappa shape index (κ1) is 14.6. The van der Waals surface area contributed by atoms with E-state index in [9.17, 15) is 14.7 Å². The highest BCUT2D eigenvalue weighted by molar-refractivity contribution is 5.71. The zero-order chi connectivity index (χ0) is 15.9. The fraction of sp³-hybridized carbons (Fsp3) is 0.500. The zero-order valence-electron chi connectivity index (χ0n) is 12.2. The van der Waals surface area contributed by atoms with Crippen LogP contribution >= 0.6 is 0 Å². The molecule has 0 aromatic carbocycles. The van der Waals surface area contributed by atoms with Crippen LogP contribution in [0.1, 0.15) is 25.3 Å². The Bertz CT molecular complexity index is 831. The summed E-state index contributed by atoms with van der Waals surface area (Å²) >= 11 is 0. The minimum atomic E-state index is -0.433. The van der Waals surface area contributed by atoms with Gasteiger partial charge in [-0.25, -0.2) is 4.79 Å². The summed E-state index contributed by atoms with van der Waals surface area (Å²) in [4.78, 5) is 31.5. The van der Waals surface area contributed by atoms with Gasteiger partial charge in [-0.2, -0.15) is 4.98 Å². The van der Waals surface area contributed by atoms with E-state index in [1.54, 1.807) is 10.6 Å². The number of aliphatic hydroxyl groups excluding tert-OH is 1. The molecule has 22 heavy (non-hydrogen) atoms. The van der Waals surface area contributed by atoms with Crippen LogP contribution < -0.4 is 17.0 Å². The van der Waals surface area contributed by atoms with Gasteiger partial charge in [-0.05, 0) is 25.2 Å². The third-order valence-corrected chi connectivity index (χ3v) is 4.28. The summed E-state index contributed by atoms with van der Waals surface area (Å²) in [6, 6.07) is -0.0769. The monoisotopic (exact) mass is 305 g/mol. The summed E-state index contributed by atoms with van der Waals surface area (Å²) in [6.45, 7) is 3.96. The lowest BCUT2D eigenvalue weighted by molar-refractivity contribution is 0.226. The molecule has 2 heterocycles. The number of imidazole rings is 1. The molecule has 2 aromatic heterocycles. The lowest BCUT2D eigenvalue weighted by Crippen LogP contribution is -2.27. The zero-order valence-corrected chi connectivity index (χ0v) is 12.2. The SMILES string of the molecule is C=CCn1c(=O)n([C@@H]2CC[C@H](CO)C2)c2nc(N)[nH]c(=O)c21. The molecule has 118 valence electrons. The van der Waals surface area contributed by atoms with Crippen LogP contribution in [0.25, 0.3) is 11.2 Å². The molecule has 0 radical (unpaired) electrons. The van der Waals surface area contributed by atoms with Gasteiger partial charge in [-0.15, -0.1) is 6.58 Å². The maximum atomic E-state index is 12.7. The standard InChI is InChI=1S/C14H19N5O3/c1-2-5-18-10-11(16-13(15)17-12(10)21)19(14(18)22)9-4-3-8(6-9)7-20/h2,8-9,20H,1,3-7H2,(H3,15,16,17,21)/t8-,9+/m0/s1. The van der Waals surface area contributed by atoms with Gasteiger partial charge in [-0.3, -0.25) is 18.9 Å². The van der Waals surface area contributed by atoms with Gasteiger partial charge >= 0.3 is 5.69 Å². The van der Waals surface area contributed by atoms with Gasteiger partial charge in [0.25, 0.3) is 5.56 Å².